The van der Waals surface area contributed by atoms with E-state index in [9.17, 15) is 18.4 Å². The van der Waals surface area contributed by atoms with E-state index in [0.29, 0.717) is 29.4 Å². The van der Waals surface area contributed by atoms with Gasteiger partial charge in [0.15, 0.2) is 5.82 Å². The lowest BCUT2D eigenvalue weighted by Gasteiger charge is -2.24. The van der Waals surface area contributed by atoms with E-state index in [1.54, 1.807) is 20.3 Å². The molecule has 3 aromatic heterocycles. The van der Waals surface area contributed by atoms with E-state index in [1.807, 2.05) is 7.05 Å². The maximum absolute atomic E-state index is 16.7. The van der Waals surface area contributed by atoms with Crippen LogP contribution < -0.4 is 25.8 Å². The summed E-state index contributed by atoms with van der Waals surface area (Å²) < 4.78 is 117. The molecular formula is C38H38ClF7N8O3S. The number of fused-ring (bicyclic) bond motifs is 1. The fourth-order valence-electron chi connectivity index (χ4n) is 7.23. The van der Waals surface area contributed by atoms with Crippen molar-refractivity contribution in [1.82, 2.24) is 19.9 Å². The Morgan fingerprint density at radius 1 is 1.12 bits per heavy atom. The van der Waals surface area contributed by atoms with Crippen LogP contribution in [0.5, 0.6) is 11.8 Å². The third kappa shape index (κ3) is 8.33. The average Bonchev–Trinajstić information content (AvgIpc) is 3.42. The average molecular weight is 855 g/mol. The van der Waals surface area contributed by atoms with Gasteiger partial charge in [0, 0.05) is 61.9 Å². The predicted molar refractivity (Wildman–Crippen MR) is 207 cm³/mol. The van der Waals surface area contributed by atoms with Crippen LogP contribution >= 0.6 is 22.9 Å². The molecule has 1 saturated heterocycles. The van der Waals surface area contributed by atoms with Crippen molar-refractivity contribution in [2.75, 3.05) is 64.4 Å². The van der Waals surface area contributed by atoms with E-state index in [2.05, 4.69) is 24.6 Å². The van der Waals surface area contributed by atoms with Crippen LogP contribution in [0.15, 0.2) is 24.4 Å². The summed E-state index contributed by atoms with van der Waals surface area (Å²) in [5, 5.41) is 9.23. The van der Waals surface area contributed by atoms with Crippen LogP contribution in [0.1, 0.15) is 42.4 Å². The second-order valence-corrected chi connectivity index (χ2v) is 15.4. The number of thiophene rings is 1. The number of nitrogens with zero attached hydrogens (tertiary/aromatic N) is 6. The van der Waals surface area contributed by atoms with E-state index in [1.165, 1.54) is 30.7 Å². The topological polar surface area (TPSA) is 149 Å². The standard InChI is InChI=1S/C27H17ClF5N7O2S.C9H15F2N.C2H6O/c1-41-26-38-20-17-21(42-5-4-40(25(17)39-26)9-10-6-11(28)8-37-23(10)35)18(27(31,32)33)16(19(20)30)12-2-3-14(29)22-15(12)13(7-34)24(36)43-22;1-12-4-2-3-8(12)5-7-6-9(7,10)11;1-3-2/h2-3,6,8H,4-5,9,36H2,1H3,(H2,35,37);7-8H,2-6H2,1H3;1-2H3. The Hall–Kier alpha value is -4.90. The van der Waals surface area contributed by atoms with Gasteiger partial charge in [-0.15, -0.1) is 11.3 Å². The molecular weight excluding hydrogens is 817 g/mol. The monoisotopic (exact) mass is 854 g/mol. The van der Waals surface area contributed by atoms with Crippen molar-refractivity contribution in [3.05, 3.63) is 57.7 Å². The van der Waals surface area contributed by atoms with Gasteiger partial charge < -0.3 is 35.5 Å². The molecule has 5 aromatic rings. The summed E-state index contributed by atoms with van der Waals surface area (Å²) in [6, 6.07) is 5.27. The fourth-order valence-corrected chi connectivity index (χ4v) is 8.36. The number of pyridine rings is 1. The SMILES string of the molecule is CN1CCCC1CC1CC1(F)F.COC.COc1nc2c3c(c(C(F)(F)F)c(-c4ccc(F)c5sc(N)c(C#N)c45)c(F)c3n1)OCCN2Cc1cc(Cl)cnc1N. The van der Waals surface area contributed by atoms with E-state index >= 15 is 17.6 Å². The van der Waals surface area contributed by atoms with Gasteiger partial charge >= 0.3 is 12.2 Å². The zero-order valence-electron chi connectivity index (χ0n) is 31.6. The van der Waals surface area contributed by atoms with E-state index in [-0.39, 0.29) is 80.7 Å². The Balaban J connectivity index is 0.000000317. The number of methoxy groups -OCH3 is 2. The van der Waals surface area contributed by atoms with Crippen LogP contribution in [0.2, 0.25) is 5.02 Å². The summed E-state index contributed by atoms with van der Waals surface area (Å²) in [6.45, 7) is 0.761. The van der Waals surface area contributed by atoms with Crippen molar-refractivity contribution in [2.24, 2.45) is 5.92 Å². The highest BCUT2D eigenvalue weighted by atomic mass is 35.5. The summed E-state index contributed by atoms with van der Waals surface area (Å²) in [4.78, 5) is 16.1. The summed E-state index contributed by atoms with van der Waals surface area (Å²) in [5.74, 6) is -5.61. The molecule has 5 heterocycles. The zero-order chi connectivity index (χ0) is 42.3. The third-order valence-corrected chi connectivity index (χ3v) is 11.3. The van der Waals surface area contributed by atoms with Crippen LogP contribution in [-0.2, 0) is 17.5 Å². The quantitative estimate of drug-likeness (QED) is 0.158. The van der Waals surface area contributed by atoms with Gasteiger partial charge in [0.2, 0.25) is 0 Å². The number of alkyl halides is 5. The van der Waals surface area contributed by atoms with Gasteiger partial charge in [-0.2, -0.15) is 28.4 Å². The highest BCUT2D eigenvalue weighted by Gasteiger charge is 2.57. The molecule has 2 atom stereocenters. The number of anilines is 3. The predicted octanol–water partition coefficient (Wildman–Crippen LogP) is 8.69. The van der Waals surface area contributed by atoms with Crippen molar-refractivity contribution < 1.29 is 44.9 Å². The second-order valence-electron chi connectivity index (χ2n) is 14.0. The molecule has 8 rings (SSSR count). The number of halogens is 8. The van der Waals surface area contributed by atoms with Crippen LogP contribution in [0, 0.1) is 28.9 Å². The molecule has 310 valence electrons. The summed E-state index contributed by atoms with van der Waals surface area (Å²) in [6.07, 6.45) is -0.712. The minimum Gasteiger partial charge on any atom is -0.490 e. The Bertz CT molecular complexity index is 2390. The van der Waals surface area contributed by atoms with Crippen LogP contribution in [0.25, 0.3) is 32.1 Å². The molecule has 2 unspecified atom stereocenters. The zero-order valence-corrected chi connectivity index (χ0v) is 33.2. The number of hydrogen-bond donors (Lipinski definition) is 2. The molecule has 1 saturated carbocycles. The van der Waals surface area contributed by atoms with Crippen molar-refractivity contribution in [2.45, 2.75) is 50.4 Å². The van der Waals surface area contributed by atoms with Gasteiger partial charge in [-0.1, -0.05) is 17.7 Å². The molecule has 20 heteroatoms. The van der Waals surface area contributed by atoms with Crippen LogP contribution in [0.4, 0.5) is 47.4 Å². The molecule has 2 aliphatic heterocycles. The van der Waals surface area contributed by atoms with Crippen LogP contribution in [0.3, 0.4) is 0 Å². The second kappa shape index (κ2) is 16.8. The maximum Gasteiger partial charge on any atom is 0.420 e. The highest BCUT2D eigenvalue weighted by molar-refractivity contribution is 7.23. The van der Waals surface area contributed by atoms with Gasteiger partial charge in [0.05, 0.1) is 34.3 Å². The molecule has 0 bridgehead atoms. The molecule has 1 aliphatic carbocycles. The first kappa shape index (κ1) is 42.7. The Morgan fingerprint density at radius 2 is 1.83 bits per heavy atom. The smallest absolute Gasteiger partial charge is 0.420 e. The Labute approximate surface area is 337 Å². The number of aromatic nitrogens is 3. The number of nitrogen functional groups attached to an aromatic ring is 2. The molecule has 0 amide bonds. The lowest BCUT2D eigenvalue weighted by Crippen LogP contribution is -2.28. The van der Waals surface area contributed by atoms with Gasteiger partial charge in [-0.3, -0.25) is 0 Å². The molecule has 3 aliphatic rings. The van der Waals surface area contributed by atoms with Crippen molar-refractivity contribution >= 4 is 60.6 Å². The van der Waals surface area contributed by atoms with Crippen molar-refractivity contribution in [3.8, 4) is 29.0 Å². The van der Waals surface area contributed by atoms with Gasteiger partial charge in [0.1, 0.15) is 52.0 Å². The van der Waals surface area contributed by atoms with Crippen LogP contribution in [-0.4, -0.2) is 79.9 Å². The van der Waals surface area contributed by atoms with E-state index in [4.69, 9.17) is 32.5 Å². The summed E-state index contributed by atoms with van der Waals surface area (Å²) in [7, 11) is 6.50. The van der Waals surface area contributed by atoms with Crippen molar-refractivity contribution in [1.29, 1.82) is 5.26 Å². The summed E-state index contributed by atoms with van der Waals surface area (Å²) >= 11 is 6.75. The van der Waals surface area contributed by atoms with Gasteiger partial charge in [0.25, 0.3) is 5.92 Å². The first-order chi connectivity index (χ1) is 27.4. The first-order valence-corrected chi connectivity index (χ1v) is 19.0. The van der Waals surface area contributed by atoms with Crippen molar-refractivity contribution in [3.63, 3.8) is 0 Å². The molecule has 2 aromatic carbocycles. The van der Waals surface area contributed by atoms with E-state index in [0.717, 1.165) is 25.1 Å². The molecule has 58 heavy (non-hydrogen) atoms. The largest absolute Gasteiger partial charge is 0.490 e. The highest BCUT2D eigenvalue weighted by Crippen LogP contribution is 2.54. The first-order valence-electron chi connectivity index (χ1n) is 17.8. The number of hydrogen-bond acceptors (Lipinski definition) is 12. The molecule has 2 fully saturated rings. The Morgan fingerprint density at radius 3 is 2.43 bits per heavy atom. The molecule has 11 nitrogen and oxygen atoms in total. The Kier molecular flexibility index (Phi) is 12.3. The number of ether oxygens (including phenoxy) is 3. The number of likely N-dealkylation sites (tertiary alicyclic amines) is 1. The number of rotatable bonds is 6. The normalized spacial score (nSPS) is 18.4. The number of nitriles is 1. The molecule has 4 N–H and O–H groups in total. The third-order valence-electron chi connectivity index (χ3n) is 10.1. The minimum atomic E-state index is -5.19. The maximum atomic E-state index is 16.7. The summed E-state index contributed by atoms with van der Waals surface area (Å²) in [5.41, 5.74) is 8.62. The lowest BCUT2D eigenvalue weighted by atomic mass is 9.91. The number of benzene rings is 2. The fraction of sp³-hybridized carbons (Fsp3) is 0.421. The molecule has 0 spiro atoms. The minimum absolute atomic E-state index is 0.00934. The lowest BCUT2D eigenvalue weighted by molar-refractivity contribution is -0.138. The molecule has 0 radical (unpaired) electrons. The van der Waals surface area contributed by atoms with Gasteiger partial charge in [-0.05, 0) is 50.6 Å². The van der Waals surface area contributed by atoms with E-state index < -0.39 is 51.7 Å². The van der Waals surface area contributed by atoms with Gasteiger partial charge in [-0.25, -0.2) is 22.5 Å². The number of nitrogens with two attached hydrogens (primary N) is 2.